The Kier molecular flexibility index (Phi) is 3.66. The molecule has 4 heteroatoms. The summed E-state index contributed by atoms with van der Waals surface area (Å²) in [4.78, 5) is 12.4. The van der Waals surface area contributed by atoms with Crippen molar-refractivity contribution in [2.24, 2.45) is 11.1 Å². The van der Waals surface area contributed by atoms with Gasteiger partial charge >= 0.3 is 0 Å². The summed E-state index contributed by atoms with van der Waals surface area (Å²) in [5, 5.41) is 2.96. The van der Waals surface area contributed by atoms with E-state index < -0.39 is 5.41 Å². The van der Waals surface area contributed by atoms with Crippen LogP contribution in [0, 0.1) is 5.41 Å². The predicted octanol–water partition coefficient (Wildman–Crippen LogP) is 1.97. The summed E-state index contributed by atoms with van der Waals surface area (Å²) in [6.45, 7) is 2.71. The third-order valence-electron chi connectivity index (χ3n) is 3.59. The zero-order valence-electron chi connectivity index (χ0n) is 10.5. The first-order valence-corrected chi connectivity index (χ1v) is 6.60. The number of nitrogens with one attached hydrogen (secondary N) is 1. The monoisotopic (exact) mass is 262 g/mol. The van der Waals surface area contributed by atoms with Gasteiger partial charge in [-0.25, -0.2) is 0 Å². The van der Waals surface area contributed by atoms with Crippen LogP contribution in [-0.4, -0.2) is 17.4 Å². The van der Waals surface area contributed by atoms with E-state index in [1.165, 1.54) is 5.56 Å². The molecule has 0 heterocycles. The minimum atomic E-state index is -0.550. The molecule has 0 saturated heterocycles. The van der Waals surface area contributed by atoms with Crippen molar-refractivity contribution in [1.29, 1.82) is 0 Å². The maximum absolute atomic E-state index is 12.0. The van der Waals surface area contributed by atoms with Crippen molar-refractivity contribution in [2.75, 3.05) is 6.54 Å². The predicted molar refractivity (Wildman–Crippen MR) is 76.3 cm³/mol. The van der Waals surface area contributed by atoms with Gasteiger partial charge in [0.05, 0.1) is 10.4 Å². The molecular weight excluding hydrogens is 244 g/mol. The van der Waals surface area contributed by atoms with Crippen LogP contribution in [0.5, 0.6) is 0 Å². The molecule has 1 saturated carbocycles. The second-order valence-corrected chi connectivity index (χ2v) is 5.41. The molecule has 1 aromatic carbocycles. The van der Waals surface area contributed by atoms with Crippen molar-refractivity contribution in [2.45, 2.75) is 25.7 Å². The maximum Gasteiger partial charge on any atom is 0.233 e. The standard InChI is InChI=1S/C14H18N2OS/c1-10(11-5-3-2-4-6-11)9-16-13(17)14(7-8-14)12(15)18/h2-6,10H,7-9H2,1H3,(H2,15,18)(H,16,17). The van der Waals surface area contributed by atoms with E-state index in [9.17, 15) is 4.79 Å². The van der Waals surface area contributed by atoms with Crippen LogP contribution in [0.25, 0.3) is 0 Å². The summed E-state index contributed by atoms with van der Waals surface area (Å²) in [6.07, 6.45) is 1.57. The van der Waals surface area contributed by atoms with Crippen molar-refractivity contribution in [3.63, 3.8) is 0 Å². The number of amides is 1. The Balaban J connectivity index is 1.89. The largest absolute Gasteiger partial charge is 0.392 e. The lowest BCUT2D eigenvalue weighted by Crippen LogP contribution is -2.40. The van der Waals surface area contributed by atoms with E-state index in [-0.39, 0.29) is 11.8 Å². The van der Waals surface area contributed by atoms with Gasteiger partial charge in [-0.2, -0.15) is 0 Å². The van der Waals surface area contributed by atoms with E-state index >= 15 is 0 Å². The second kappa shape index (κ2) is 5.06. The number of thiocarbonyl (C=S) groups is 1. The van der Waals surface area contributed by atoms with Crippen molar-refractivity contribution < 1.29 is 4.79 Å². The van der Waals surface area contributed by atoms with E-state index in [1.54, 1.807) is 0 Å². The molecule has 0 radical (unpaired) electrons. The van der Waals surface area contributed by atoms with Gasteiger partial charge in [-0.15, -0.1) is 0 Å². The first-order chi connectivity index (χ1) is 8.56. The van der Waals surface area contributed by atoms with Crippen LogP contribution in [0.3, 0.4) is 0 Å². The summed E-state index contributed by atoms with van der Waals surface area (Å²) in [7, 11) is 0. The molecule has 1 aromatic rings. The number of carbonyl (C=O) groups is 1. The van der Waals surface area contributed by atoms with E-state index in [0.29, 0.717) is 11.5 Å². The van der Waals surface area contributed by atoms with Gasteiger partial charge in [0, 0.05) is 6.54 Å². The van der Waals surface area contributed by atoms with Crippen LogP contribution in [0.1, 0.15) is 31.2 Å². The highest BCUT2D eigenvalue weighted by Crippen LogP contribution is 2.46. The highest BCUT2D eigenvalue weighted by Gasteiger charge is 2.52. The molecule has 2 rings (SSSR count). The summed E-state index contributed by atoms with van der Waals surface area (Å²) in [5.41, 5.74) is 6.29. The smallest absolute Gasteiger partial charge is 0.233 e. The number of hydrogen-bond donors (Lipinski definition) is 2. The fraction of sp³-hybridized carbons (Fsp3) is 0.429. The van der Waals surface area contributed by atoms with E-state index in [4.69, 9.17) is 18.0 Å². The molecule has 0 aromatic heterocycles. The van der Waals surface area contributed by atoms with Gasteiger partial charge in [0.1, 0.15) is 0 Å². The number of nitrogens with two attached hydrogens (primary N) is 1. The highest BCUT2D eigenvalue weighted by atomic mass is 32.1. The lowest BCUT2D eigenvalue weighted by atomic mass is 10.0. The van der Waals surface area contributed by atoms with Gasteiger partial charge < -0.3 is 11.1 Å². The molecule has 1 fully saturated rings. The van der Waals surface area contributed by atoms with Crippen molar-refractivity contribution >= 4 is 23.1 Å². The lowest BCUT2D eigenvalue weighted by Gasteiger charge is -2.17. The Morgan fingerprint density at radius 1 is 1.44 bits per heavy atom. The maximum atomic E-state index is 12.0. The molecule has 1 atom stereocenters. The zero-order chi connectivity index (χ0) is 13.2. The molecule has 0 spiro atoms. The van der Waals surface area contributed by atoms with Crippen LogP contribution < -0.4 is 11.1 Å². The zero-order valence-corrected chi connectivity index (χ0v) is 11.3. The Morgan fingerprint density at radius 2 is 2.06 bits per heavy atom. The Labute approximate surface area is 113 Å². The van der Waals surface area contributed by atoms with Gasteiger partial charge in [0.25, 0.3) is 0 Å². The normalized spacial score (nSPS) is 17.8. The van der Waals surface area contributed by atoms with Gasteiger partial charge in [-0.1, -0.05) is 49.5 Å². The molecule has 0 aliphatic heterocycles. The molecule has 1 unspecified atom stereocenters. The average Bonchev–Trinajstić information content (AvgIpc) is 3.18. The van der Waals surface area contributed by atoms with E-state index in [0.717, 1.165) is 12.8 Å². The molecule has 18 heavy (non-hydrogen) atoms. The van der Waals surface area contributed by atoms with Crippen LogP contribution in [0.4, 0.5) is 0 Å². The van der Waals surface area contributed by atoms with Crippen molar-refractivity contribution in [1.82, 2.24) is 5.32 Å². The van der Waals surface area contributed by atoms with E-state index in [2.05, 4.69) is 24.4 Å². The number of rotatable bonds is 5. The van der Waals surface area contributed by atoms with Crippen LogP contribution in [0.15, 0.2) is 30.3 Å². The summed E-state index contributed by atoms with van der Waals surface area (Å²) in [6, 6.07) is 10.1. The Morgan fingerprint density at radius 3 is 2.56 bits per heavy atom. The number of carbonyl (C=O) groups excluding carboxylic acids is 1. The van der Waals surface area contributed by atoms with Crippen molar-refractivity contribution in [3.05, 3.63) is 35.9 Å². The third-order valence-corrected chi connectivity index (χ3v) is 3.98. The molecular formula is C14H18N2OS. The quantitative estimate of drug-likeness (QED) is 0.798. The summed E-state index contributed by atoms with van der Waals surface area (Å²) >= 11 is 4.96. The molecule has 3 N–H and O–H groups in total. The Hall–Kier alpha value is -1.42. The fourth-order valence-electron chi connectivity index (χ4n) is 2.02. The Bertz CT molecular complexity index is 454. The van der Waals surface area contributed by atoms with E-state index in [1.807, 2.05) is 18.2 Å². The molecule has 3 nitrogen and oxygen atoms in total. The summed E-state index contributed by atoms with van der Waals surface area (Å²) < 4.78 is 0. The fourth-order valence-corrected chi connectivity index (χ4v) is 2.32. The van der Waals surface area contributed by atoms with Gasteiger partial charge in [-0.05, 0) is 24.3 Å². The van der Waals surface area contributed by atoms with Crippen LogP contribution >= 0.6 is 12.2 Å². The van der Waals surface area contributed by atoms with Crippen LogP contribution in [0.2, 0.25) is 0 Å². The highest BCUT2D eigenvalue weighted by molar-refractivity contribution is 7.80. The number of hydrogen-bond acceptors (Lipinski definition) is 2. The topological polar surface area (TPSA) is 55.1 Å². The molecule has 1 aliphatic carbocycles. The summed E-state index contributed by atoms with van der Waals surface area (Å²) in [5.74, 6) is 0.273. The number of benzene rings is 1. The minimum Gasteiger partial charge on any atom is -0.392 e. The van der Waals surface area contributed by atoms with Gasteiger partial charge in [0.15, 0.2) is 0 Å². The molecule has 96 valence electrons. The first kappa shape index (κ1) is 13.0. The average molecular weight is 262 g/mol. The van der Waals surface area contributed by atoms with Crippen molar-refractivity contribution in [3.8, 4) is 0 Å². The second-order valence-electron chi connectivity index (χ2n) is 4.97. The van der Waals surface area contributed by atoms with Crippen LogP contribution in [-0.2, 0) is 4.79 Å². The molecule has 1 aliphatic rings. The first-order valence-electron chi connectivity index (χ1n) is 6.19. The minimum absolute atomic E-state index is 0.0159. The van der Waals surface area contributed by atoms with Gasteiger partial charge in [0.2, 0.25) is 5.91 Å². The third kappa shape index (κ3) is 2.53. The van der Waals surface area contributed by atoms with Gasteiger partial charge in [-0.3, -0.25) is 4.79 Å². The SMILES string of the molecule is CC(CNC(=O)C1(C(N)=S)CC1)c1ccccc1. The molecule has 1 amide bonds. The molecule has 0 bridgehead atoms. The lowest BCUT2D eigenvalue weighted by molar-refractivity contribution is -0.124.